The van der Waals surface area contributed by atoms with E-state index in [9.17, 15) is 14.9 Å². The average molecular weight is 276 g/mol. The molecule has 0 spiro atoms. The summed E-state index contributed by atoms with van der Waals surface area (Å²) in [6.45, 7) is 2.52. The van der Waals surface area contributed by atoms with Crippen LogP contribution >= 0.6 is 0 Å². The maximum absolute atomic E-state index is 11.0. The molecule has 0 aliphatic heterocycles. The summed E-state index contributed by atoms with van der Waals surface area (Å²) in [4.78, 5) is 23.0. The van der Waals surface area contributed by atoms with Gasteiger partial charge in [-0.25, -0.2) is 0 Å². The quantitative estimate of drug-likeness (QED) is 0.481. The van der Waals surface area contributed by atoms with E-state index < -0.39 is 4.92 Å². The van der Waals surface area contributed by atoms with Crippen LogP contribution < -0.4 is 10.2 Å². The van der Waals surface area contributed by atoms with Crippen LogP contribution in [0.25, 0.3) is 0 Å². The summed E-state index contributed by atoms with van der Waals surface area (Å²) < 4.78 is 0. The third-order valence-electron chi connectivity index (χ3n) is 2.76. The van der Waals surface area contributed by atoms with Gasteiger partial charge in [-0.05, 0) is 18.6 Å². The number of nitro benzene ring substituents is 1. The SMILES string of the molecule is CC(=O)NCCCN(C)c1ccc(C#N)cc1[N+](=O)[O-]. The number of anilines is 1. The van der Waals surface area contributed by atoms with E-state index in [1.54, 1.807) is 24.1 Å². The molecule has 0 fully saturated rings. The number of carbonyl (C=O) groups is 1. The topological polar surface area (TPSA) is 99.3 Å². The van der Waals surface area contributed by atoms with E-state index in [4.69, 9.17) is 5.26 Å². The van der Waals surface area contributed by atoms with Crippen LogP contribution in [0.5, 0.6) is 0 Å². The molecule has 20 heavy (non-hydrogen) atoms. The summed E-state index contributed by atoms with van der Waals surface area (Å²) in [5.41, 5.74) is 0.620. The Labute approximate surface area is 117 Å². The van der Waals surface area contributed by atoms with Gasteiger partial charge >= 0.3 is 0 Å². The first-order valence-corrected chi connectivity index (χ1v) is 6.10. The lowest BCUT2D eigenvalue weighted by Crippen LogP contribution is -2.26. The number of hydrogen-bond donors (Lipinski definition) is 1. The number of nitro groups is 1. The van der Waals surface area contributed by atoms with Crippen molar-refractivity contribution in [1.82, 2.24) is 5.32 Å². The van der Waals surface area contributed by atoms with E-state index in [-0.39, 0.29) is 17.2 Å². The first-order chi connectivity index (χ1) is 9.45. The van der Waals surface area contributed by atoms with E-state index >= 15 is 0 Å². The molecule has 0 radical (unpaired) electrons. The van der Waals surface area contributed by atoms with Gasteiger partial charge in [-0.2, -0.15) is 5.26 Å². The van der Waals surface area contributed by atoms with Crippen LogP contribution in [0.2, 0.25) is 0 Å². The second-order valence-electron chi connectivity index (χ2n) is 4.33. The van der Waals surface area contributed by atoms with Crippen molar-refractivity contribution in [3.05, 3.63) is 33.9 Å². The van der Waals surface area contributed by atoms with Crippen molar-refractivity contribution >= 4 is 17.3 Å². The number of carbonyl (C=O) groups excluding carboxylic acids is 1. The summed E-state index contributed by atoms with van der Waals surface area (Å²) in [7, 11) is 1.74. The van der Waals surface area contributed by atoms with Crippen molar-refractivity contribution < 1.29 is 9.72 Å². The molecule has 7 nitrogen and oxygen atoms in total. The van der Waals surface area contributed by atoms with Crippen molar-refractivity contribution in [2.75, 3.05) is 25.0 Å². The van der Waals surface area contributed by atoms with Gasteiger partial charge in [0.2, 0.25) is 5.91 Å². The summed E-state index contributed by atoms with van der Waals surface area (Å²) in [6, 6.07) is 6.26. The minimum atomic E-state index is -0.500. The van der Waals surface area contributed by atoms with Gasteiger partial charge in [0.25, 0.3) is 5.69 Å². The number of nitriles is 1. The van der Waals surface area contributed by atoms with Crippen LogP contribution in [0.15, 0.2) is 18.2 Å². The Kier molecular flexibility index (Phi) is 5.47. The minimum absolute atomic E-state index is 0.0916. The Morgan fingerprint density at radius 1 is 1.55 bits per heavy atom. The lowest BCUT2D eigenvalue weighted by Gasteiger charge is -2.19. The molecule has 0 atom stereocenters. The molecule has 0 heterocycles. The summed E-state index contributed by atoms with van der Waals surface area (Å²) in [6.07, 6.45) is 0.674. The molecular formula is C13H16N4O3. The third kappa shape index (κ3) is 4.24. The number of hydrogen-bond acceptors (Lipinski definition) is 5. The molecule has 7 heteroatoms. The first-order valence-electron chi connectivity index (χ1n) is 6.10. The molecule has 0 saturated heterocycles. The second-order valence-corrected chi connectivity index (χ2v) is 4.33. The fourth-order valence-corrected chi connectivity index (χ4v) is 1.76. The molecule has 0 aliphatic carbocycles. The Bertz CT molecular complexity index is 551. The van der Waals surface area contributed by atoms with Crippen LogP contribution in [0.1, 0.15) is 18.9 Å². The molecule has 0 bridgehead atoms. The van der Waals surface area contributed by atoms with E-state index in [1.165, 1.54) is 13.0 Å². The third-order valence-corrected chi connectivity index (χ3v) is 2.76. The number of amides is 1. The molecule has 1 N–H and O–H groups in total. The van der Waals surface area contributed by atoms with Gasteiger partial charge in [-0.1, -0.05) is 0 Å². The minimum Gasteiger partial charge on any atom is -0.369 e. The molecule has 1 aromatic rings. The predicted octanol–water partition coefficient (Wildman–Crippen LogP) is 1.43. The van der Waals surface area contributed by atoms with E-state index in [2.05, 4.69) is 5.32 Å². The zero-order valence-corrected chi connectivity index (χ0v) is 11.4. The summed E-state index contributed by atoms with van der Waals surface area (Å²) >= 11 is 0. The molecule has 0 saturated carbocycles. The van der Waals surface area contributed by atoms with Crippen LogP contribution in [0.3, 0.4) is 0 Å². The van der Waals surface area contributed by atoms with Crippen LogP contribution in [-0.4, -0.2) is 31.0 Å². The van der Waals surface area contributed by atoms with Gasteiger partial charge < -0.3 is 10.2 Å². The smallest absolute Gasteiger partial charge is 0.293 e. The van der Waals surface area contributed by atoms with E-state index in [1.807, 2.05) is 6.07 Å². The van der Waals surface area contributed by atoms with Gasteiger partial charge in [0, 0.05) is 33.1 Å². The van der Waals surface area contributed by atoms with Crippen LogP contribution in [0.4, 0.5) is 11.4 Å². The van der Waals surface area contributed by atoms with Gasteiger partial charge in [0.15, 0.2) is 0 Å². The molecule has 0 aromatic heterocycles. The Balaban J connectivity index is 2.77. The van der Waals surface area contributed by atoms with Crippen molar-refractivity contribution in [2.24, 2.45) is 0 Å². The van der Waals surface area contributed by atoms with Crippen molar-refractivity contribution in [1.29, 1.82) is 5.26 Å². The molecule has 106 valence electrons. The van der Waals surface area contributed by atoms with Crippen LogP contribution in [0, 0.1) is 21.4 Å². The number of nitrogens with one attached hydrogen (secondary N) is 1. The maximum Gasteiger partial charge on any atom is 0.293 e. The molecule has 0 unspecified atom stereocenters. The predicted molar refractivity (Wildman–Crippen MR) is 74.4 cm³/mol. The second kappa shape index (κ2) is 7.09. The van der Waals surface area contributed by atoms with Crippen LogP contribution in [-0.2, 0) is 4.79 Å². The highest BCUT2D eigenvalue weighted by Crippen LogP contribution is 2.28. The maximum atomic E-state index is 11.0. The number of rotatable bonds is 6. The van der Waals surface area contributed by atoms with Crippen molar-refractivity contribution in [3.8, 4) is 6.07 Å². The molecule has 1 rings (SSSR count). The zero-order valence-electron chi connectivity index (χ0n) is 11.4. The molecular weight excluding hydrogens is 260 g/mol. The Morgan fingerprint density at radius 2 is 2.25 bits per heavy atom. The monoisotopic (exact) mass is 276 g/mol. The highest BCUT2D eigenvalue weighted by molar-refractivity contribution is 5.72. The van der Waals surface area contributed by atoms with Crippen molar-refractivity contribution in [2.45, 2.75) is 13.3 Å². The summed E-state index contributed by atoms with van der Waals surface area (Å²) in [5.74, 6) is -0.1000. The Morgan fingerprint density at radius 3 is 2.80 bits per heavy atom. The lowest BCUT2D eigenvalue weighted by atomic mass is 10.1. The largest absolute Gasteiger partial charge is 0.369 e. The van der Waals surface area contributed by atoms with Gasteiger partial charge in [0.1, 0.15) is 5.69 Å². The Hall–Kier alpha value is -2.62. The highest BCUT2D eigenvalue weighted by Gasteiger charge is 2.17. The molecule has 1 amide bonds. The van der Waals surface area contributed by atoms with Crippen molar-refractivity contribution in [3.63, 3.8) is 0 Å². The van der Waals surface area contributed by atoms with Gasteiger partial charge in [0.05, 0.1) is 16.6 Å². The number of nitrogens with zero attached hydrogens (tertiary/aromatic N) is 3. The fourth-order valence-electron chi connectivity index (χ4n) is 1.76. The number of benzene rings is 1. The lowest BCUT2D eigenvalue weighted by molar-refractivity contribution is -0.384. The van der Waals surface area contributed by atoms with E-state index in [0.717, 1.165) is 0 Å². The molecule has 0 aliphatic rings. The first kappa shape index (κ1) is 15.4. The highest BCUT2D eigenvalue weighted by atomic mass is 16.6. The average Bonchev–Trinajstić information content (AvgIpc) is 2.42. The summed E-state index contributed by atoms with van der Waals surface area (Å²) in [5, 5.41) is 22.5. The van der Waals surface area contributed by atoms with E-state index in [0.29, 0.717) is 25.2 Å². The van der Waals surface area contributed by atoms with Gasteiger partial charge in [-0.15, -0.1) is 0 Å². The van der Waals surface area contributed by atoms with Gasteiger partial charge in [-0.3, -0.25) is 14.9 Å². The fraction of sp³-hybridized carbons (Fsp3) is 0.385. The zero-order chi connectivity index (χ0) is 15.1. The standard InChI is InChI=1S/C13H16N4O3/c1-10(18)15-6-3-7-16(2)12-5-4-11(9-14)8-13(12)17(19)20/h4-5,8H,3,6-7H2,1-2H3,(H,15,18). The molecule has 1 aromatic carbocycles. The normalized spacial score (nSPS) is 9.65.